The van der Waals surface area contributed by atoms with Crippen LogP contribution >= 0.6 is 0 Å². The lowest BCUT2D eigenvalue weighted by Crippen LogP contribution is -2.49. The fraction of sp³-hybridized carbons (Fsp3) is 0.318. The first-order valence-corrected chi connectivity index (χ1v) is 9.51. The van der Waals surface area contributed by atoms with Gasteiger partial charge >= 0.3 is 0 Å². The number of anilines is 1. The molecule has 1 fully saturated rings. The molecular weight excluding hydrogens is 352 g/mol. The molecular formula is C22H22N4O2. The summed E-state index contributed by atoms with van der Waals surface area (Å²) in [6.45, 7) is 3.00. The molecule has 1 saturated heterocycles. The van der Waals surface area contributed by atoms with Crippen molar-refractivity contribution in [3.05, 3.63) is 54.0 Å². The molecule has 3 aromatic rings. The van der Waals surface area contributed by atoms with Gasteiger partial charge in [0.05, 0.1) is 0 Å². The molecule has 0 atom stereocenters. The molecule has 0 bridgehead atoms. The number of aromatic nitrogens is 2. The minimum atomic E-state index is 0.208. The number of carbonyl (C=O) groups excluding carboxylic acids is 1. The molecule has 0 saturated carbocycles. The molecule has 1 aromatic carbocycles. The second kappa shape index (κ2) is 8.13. The number of pyridine rings is 1. The SMILES string of the molecule is C#Cc1ccc(N2CCN(C(=O)CCCc3cccc4ncoc34)CC2)nc1. The standard InChI is InChI=1S/C22H22N4O2/c1-2-17-9-10-20(23-15-17)25-11-13-26(14-12-25)21(27)8-4-6-18-5-3-7-19-22(18)28-16-24-19/h1,3,5,7,9-10,15-16H,4,6,8,11-14H2. The predicted octanol–water partition coefficient (Wildman–Crippen LogP) is 2.88. The molecule has 6 heteroatoms. The molecule has 0 N–H and O–H groups in total. The maximum atomic E-state index is 12.6. The molecule has 1 amide bonds. The number of oxazole rings is 1. The van der Waals surface area contributed by atoms with Crippen molar-refractivity contribution in [1.29, 1.82) is 0 Å². The topological polar surface area (TPSA) is 62.5 Å². The summed E-state index contributed by atoms with van der Waals surface area (Å²) >= 11 is 0. The van der Waals surface area contributed by atoms with E-state index >= 15 is 0 Å². The number of para-hydroxylation sites is 1. The summed E-state index contributed by atoms with van der Waals surface area (Å²) in [5.41, 5.74) is 3.57. The van der Waals surface area contributed by atoms with Crippen molar-refractivity contribution >= 4 is 22.8 Å². The van der Waals surface area contributed by atoms with Crippen LogP contribution < -0.4 is 4.90 Å². The minimum absolute atomic E-state index is 0.208. The van der Waals surface area contributed by atoms with Crippen molar-refractivity contribution in [2.75, 3.05) is 31.1 Å². The molecule has 0 unspecified atom stereocenters. The van der Waals surface area contributed by atoms with Gasteiger partial charge in [0.2, 0.25) is 5.91 Å². The Morgan fingerprint density at radius 2 is 2.00 bits per heavy atom. The van der Waals surface area contributed by atoms with Gasteiger partial charge in [-0.25, -0.2) is 9.97 Å². The highest BCUT2D eigenvalue weighted by atomic mass is 16.3. The van der Waals surface area contributed by atoms with E-state index < -0.39 is 0 Å². The fourth-order valence-electron chi connectivity index (χ4n) is 3.57. The highest BCUT2D eigenvalue weighted by Gasteiger charge is 2.21. The molecule has 2 aromatic heterocycles. The average Bonchev–Trinajstić information content (AvgIpc) is 3.24. The summed E-state index contributed by atoms with van der Waals surface area (Å²) in [7, 11) is 0. The number of rotatable bonds is 5. The monoisotopic (exact) mass is 374 g/mol. The normalized spacial score (nSPS) is 14.2. The smallest absolute Gasteiger partial charge is 0.222 e. The Morgan fingerprint density at radius 3 is 2.75 bits per heavy atom. The predicted molar refractivity (Wildman–Crippen MR) is 108 cm³/mol. The fourth-order valence-corrected chi connectivity index (χ4v) is 3.57. The molecule has 142 valence electrons. The summed E-state index contributed by atoms with van der Waals surface area (Å²) in [4.78, 5) is 25.3. The number of fused-ring (bicyclic) bond motifs is 1. The van der Waals surface area contributed by atoms with Crippen LogP contribution in [-0.4, -0.2) is 47.0 Å². The van der Waals surface area contributed by atoms with Crippen LogP contribution in [0, 0.1) is 12.3 Å². The van der Waals surface area contributed by atoms with Crippen LogP contribution in [0.3, 0.4) is 0 Å². The molecule has 4 rings (SSSR count). The number of carbonyl (C=O) groups is 1. The van der Waals surface area contributed by atoms with Crippen molar-refractivity contribution in [2.45, 2.75) is 19.3 Å². The quantitative estimate of drug-likeness (QED) is 0.643. The lowest BCUT2D eigenvalue weighted by Gasteiger charge is -2.35. The maximum absolute atomic E-state index is 12.6. The van der Waals surface area contributed by atoms with Gasteiger partial charge in [0, 0.05) is 44.4 Å². The molecule has 0 aliphatic carbocycles. The van der Waals surface area contributed by atoms with Crippen LogP contribution in [0.15, 0.2) is 47.3 Å². The second-order valence-corrected chi connectivity index (χ2v) is 6.89. The van der Waals surface area contributed by atoms with Crippen LogP contribution in [0.1, 0.15) is 24.0 Å². The van der Waals surface area contributed by atoms with E-state index in [9.17, 15) is 4.79 Å². The lowest BCUT2D eigenvalue weighted by molar-refractivity contribution is -0.131. The van der Waals surface area contributed by atoms with Gasteiger partial charge < -0.3 is 14.2 Å². The van der Waals surface area contributed by atoms with Crippen LogP contribution in [0.5, 0.6) is 0 Å². The first-order valence-electron chi connectivity index (χ1n) is 9.51. The van der Waals surface area contributed by atoms with Gasteiger partial charge in [0.25, 0.3) is 0 Å². The second-order valence-electron chi connectivity index (χ2n) is 6.89. The number of aryl methyl sites for hydroxylation is 1. The van der Waals surface area contributed by atoms with E-state index in [-0.39, 0.29) is 5.91 Å². The number of benzene rings is 1. The lowest BCUT2D eigenvalue weighted by atomic mass is 10.1. The van der Waals surface area contributed by atoms with Crippen LogP contribution in [0.4, 0.5) is 5.82 Å². The highest BCUT2D eigenvalue weighted by molar-refractivity contribution is 5.77. The van der Waals surface area contributed by atoms with Gasteiger partial charge in [-0.2, -0.15) is 0 Å². The van der Waals surface area contributed by atoms with Gasteiger partial charge in [0.15, 0.2) is 12.0 Å². The van der Waals surface area contributed by atoms with Gasteiger partial charge in [-0.3, -0.25) is 4.79 Å². The van der Waals surface area contributed by atoms with Crippen LogP contribution in [-0.2, 0) is 11.2 Å². The Kier molecular flexibility index (Phi) is 5.24. The molecule has 1 aliphatic heterocycles. The number of nitrogens with zero attached hydrogens (tertiary/aromatic N) is 4. The van der Waals surface area contributed by atoms with Crippen molar-refractivity contribution in [3.8, 4) is 12.3 Å². The molecule has 6 nitrogen and oxygen atoms in total. The van der Waals surface area contributed by atoms with Crippen LogP contribution in [0.2, 0.25) is 0 Å². The number of hydrogen-bond acceptors (Lipinski definition) is 5. The summed E-state index contributed by atoms with van der Waals surface area (Å²) in [5, 5.41) is 0. The summed E-state index contributed by atoms with van der Waals surface area (Å²) in [6.07, 6.45) is 10.7. The Bertz CT molecular complexity index is 995. The van der Waals surface area contributed by atoms with Crippen molar-refractivity contribution in [1.82, 2.24) is 14.9 Å². The summed E-state index contributed by atoms with van der Waals surface area (Å²) in [6, 6.07) is 9.79. The molecule has 3 heterocycles. The van der Waals surface area contributed by atoms with E-state index in [0.717, 1.165) is 67.1 Å². The number of amides is 1. The molecule has 28 heavy (non-hydrogen) atoms. The van der Waals surface area contributed by atoms with E-state index in [0.29, 0.717) is 6.42 Å². The van der Waals surface area contributed by atoms with Gasteiger partial charge in [-0.05, 0) is 36.6 Å². The minimum Gasteiger partial charge on any atom is -0.443 e. The van der Waals surface area contributed by atoms with E-state index in [1.54, 1.807) is 6.20 Å². The highest BCUT2D eigenvalue weighted by Crippen LogP contribution is 2.20. The van der Waals surface area contributed by atoms with Gasteiger partial charge in [-0.1, -0.05) is 18.1 Å². The van der Waals surface area contributed by atoms with E-state index in [2.05, 4.69) is 20.8 Å². The Balaban J connectivity index is 1.26. The third kappa shape index (κ3) is 3.84. The zero-order valence-electron chi connectivity index (χ0n) is 15.7. The largest absolute Gasteiger partial charge is 0.443 e. The van der Waals surface area contributed by atoms with E-state index in [4.69, 9.17) is 10.8 Å². The first-order chi connectivity index (χ1) is 13.7. The molecule has 0 radical (unpaired) electrons. The number of terminal acetylenes is 1. The molecule has 0 spiro atoms. The molecule has 1 aliphatic rings. The Morgan fingerprint density at radius 1 is 1.14 bits per heavy atom. The van der Waals surface area contributed by atoms with Crippen LogP contribution in [0.25, 0.3) is 11.1 Å². The first kappa shape index (κ1) is 18.1. The Hall–Kier alpha value is -3.33. The zero-order valence-corrected chi connectivity index (χ0v) is 15.7. The number of hydrogen-bond donors (Lipinski definition) is 0. The Labute approximate surface area is 164 Å². The maximum Gasteiger partial charge on any atom is 0.222 e. The van der Waals surface area contributed by atoms with Crippen molar-refractivity contribution in [2.24, 2.45) is 0 Å². The summed E-state index contributed by atoms with van der Waals surface area (Å²) in [5.74, 6) is 3.69. The third-order valence-corrected chi connectivity index (χ3v) is 5.15. The average molecular weight is 374 g/mol. The van der Waals surface area contributed by atoms with Gasteiger partial charge in [0.1, 0.15) is 11.3 Å². The summed E-state index contributed by atoms with van der Waals surface area (Å²) < 4.78 is 5.46. The third-order valence-electron chi connectivity index (χ3n) is 5.15. The van der Waals surface area contributed by atoms with Crippen molar-refractivity contribution in [3.63, 3.8) is 0 Å². The van der Waals surface area contributed by atoms with E-state index in [1.165, 1.54) is 6.39 Å². The van der Waals surface area contributed by atoms with Gasteiger partial charge in [-0.15, -0.1) is 6.42 Å². The zero-order chi connectivity index (χ0) is 19.3. The number of piperazine rings is 1. The van der Waals surface area contributed by atoms with E-state index in [1.807, 2.05) is 35.2 Å². The van der Waals surface area contributed by atoms with Crippen molar-refractivity contribution < 1.29 is 9.21 Å².